The average Bonchev–Trinajstić information content (AvgIpc) is 3.68. The first kappa shape index (κ1) is 72.8. The summed E-state index contributed by atoms with van der Waals surface area (Å²) in [6, 6.07) is 0. The lowest BCUT2D eigenvalue weighted by atomic mass is 9.69. The van der Waals surface area contributed by atoms with Gasteiger partial charge in [0.1, 0.15) is 11.6 Å². The molecule has 0 aromatic heterocycles. The Kier molecular flexibility index (Phi) is 37.3. The second kappa shape index (κ2) is 35.4. The predicted molar refractivity (Wildman–Crippen MR) is 296 cm³/mol. The highest BCUT2D eigenvalue weighted by molar-refractivity contribution is 5.77. The van der Waals surface area contributed by atoms with Crippen LogP contribution < -0.4 is 5.32 Å². The van der Waals surface area contributed by atoms with Crippen LogP contribution in [0.2, 0.25) is 0 Å². The summed E-state index contributed by atoms with van der Waals surface area (Å²) in [5, 5.41) is 2.58. The third kappa shape index (κ3) is 46.1. The SMILES string of the molecule is CC(=O)CC(C)(C)C.CC(=O)CCC(C)(C)C.CC(=O)N1CCC(C(C)C)C1.CC(=O)N1CCC(C(C)C)CC1.CC(C)C1(C)CCCCC1.CN(C)C(=O)CC(C)(C)C.CNC(=O)CC(C)(C)C. The number of nitrogens with one attached hydrogen (secondary N) is 1. The van der Waals surface area contributed by atoms with Gasteiger partial charge >= 0.3 is 0 Å². The smallest absolute Gasteiger partial charge is 0.222 e. The summed E-state index contributed by atoms with van der Waals surface area (Å²) >= 11 is 0. The summed E-state index contributed by atoms with van der Waals surface area (Å²) in [4.78, 5) is 70.2. The van der Waals surface area contributed by atoms with Crippen molar-refractivity contribution in [3.63, 3.8) is 0 Å². The molecule has 3 fully saturated rings. The van der Waals surface area contributed by atoms with Gasteiger partial charge in [0.15, 0.2) is 0 Å². The van der Waals surface area contributed by atoms with Crippen molar-refractivity contribution in [2.24, 2.45) is 56.7 Å². The van der Waals surface area contributed by atoms with Crippen LogP contribution in [0.5, 0.6) is 0 Å². The second-order valence-electron chi connectivity index (χ2n) is 26.9. The summed E-state index contributed by atoms with van der Waals surface area (Å²) in [7, 11) is 5.23. The fourth-order valence-electron chi connectivity index (χ4n) is 7.92. The van der Waals surface area contributed by atoms with Gasteiger partial charge in [0.2, 0.25) is 23.6 Å². The molecule has 0 spiro atoms. The predicted octanol–water partition coefficient (Wildman–Crippen LogP) is 14.1. The van der Waals surface area contributed by atoms with Gasteiger partial charge in [-0.25, -0.2) is 0 Å². The molecule has 1 saturated carbocycles. The summed E-state index contributed by atoms with van der Waals surface area (Å²) < 4.78 is 0. The first-order chi connectivity index (χ1) is 31.0. The van der Waals surface area contributed by atoms with Crippen LogP contribution in [0.3, 0.4) is 0 Å². The fraction of sp³-hybridized carbons (Fsp3) is 0.898. The number of carbonyl (C=O) groups is 6. The van der Waals surface area contributed by atoms with Gasteiger partial charge in [-0.1, -0.05) is 151 Å². The van der Waals surface area contributed by atoms with E-state index in [1.165, 1.54) is 51.4 Å². The zero-order chi connectivity index (χ0) is 55.3. The highest BCUT2D eigenvalue weighted by Gasteiger charge is 2.30. The third-order valence-corrected chi connectivity index (χ3v) is 13.1. The standard InChI is InChI=1S/C10H19NO.C10H20.C9H17NO.C8H17NO.C8H16O.C7H15NO.C7H14O/c1-8(2)10-4-6-11(7-5-10)9(3)12;1-9(2)10(3)7-5-4-6-8-10;1-7(2)9-4-5-10(6-9)8(3)11;1-8(2,3)6-7(10)9(4)5;1-7(9)5-6-8(2,3)4;1-7(2,3)5-6(9)8-4;1-6(8)5-7(2,3)4/h8,10H,4-7H2,1-3H3;9H,4-8H2,1-3H3;7,9H,4-6H2,1-3H3;6H2,1-5H3;5-6H2,1-4H3;5H2,1-4H3,(H,8,9);5H2,1-4H3. The zero-order valence-corrected chi connectivity index (χ0v) is 50.7. The summed E-state index contributed by atoms with van der Waals surface area (Å²) in [6.07, 6.45) is 14.6. The third-order valence-electron chi connectivity index (χ3n) is 13.1. The normalized spacial score (nSPS) is 17.0. The van der Waals surface area contributed by atoms with Crippen LogP contribution >= 0.6 is 0 Å². The quantitative estimate of drug-likeness (QED) is 0.258. The largest absolute Gasteiger partial charge is 0.359 e. The average molecular weight is 980 g/mol. The van der Waals surface area contributed by atoms with Crippen LogP contribution in [0, 0.1) is 56.7 Å². The van der Waals surface area contributed by atoms with Crippen LogP contribution in [-0.4, -0.2) is 97.2 Å². The number of hydrogen-bond acceptors (Lipinski definition) is 6. The number of amides is 4. The summed E-state index contributed by atoms with van der Waals surface area (Å²) in [5.41, 5.74) is 1.39. The molecule has 1 unspecified atom stereocenters. The van der Waals surface area contributed by atoms with E-state index in [0.717, 1.165) is 68.6 Å². The van der Waals surface area contributed by atoms with Gasteiger partial charge in [0, 0.05) is 86.9 Å². The van der Waals surface area contributed by atoms with E-state index in [1.807, 2.05) is 30.6 Å². The van der Waals surface area contributed by atoms with Crippen molar-refractivity contribution in [2.75, 3.05) is 47.3 Å². The molecule has 1 aliphatic carbocycles. The molecule has 2 heterocycles. The minimum atomic E-state index is 0.111. The lowest BCUT2D eigenvalue weighted by Crippen LogP contribution is -2.38. The number of nitrogens with zero attached hydrogens (tertiary/aromatic N) is 3. The Bertz CT molecular complexity index is 1420. The van der Waals surface area contributed by atoms with Crippen molar-refractivity contribution in [3.05, 3.63) is 0 Å². The van der Waals surface area contributed by atoms with Crippen molar-refractivity contribution in [2.45, 2.75) is 243 Å². The molecule has 0 aromatic carbocycles. The molecule has 10 nitrogen and oxygen atoms in total. The van der Waals surface area contributed by atoms with Crippen LogP contribution in [0.25, 0.3) is 0 Å². The molecule has 0 bridgehead atoms. The molecule has 4 amide bonds. The molecule has 0 radical (unpaired) electrons. The summed E-state index contributed by atoms with van der Waals surface area (Å²) in [5.74, 6) is 5.30. The molecule has 2 saturated heterocycles. The molecule has 69 heavy (non-hydrogen) atoms. The van der Waals surface area contributed by atoms with Crippen molar-refractivity contribution < 1.29 is 28.8 Å². The molecule has 1 N–H and O–H groups in total. The lowest BCUT2D eigenvalue weighted by Gasteiger charge is -2.37. The summed E-state index contributed by atoms with van der Waals surface area (Å²) in [6.45, 7) is 51.6. The molecule has 10 heteroatoms. The molecule has 410 valence electrons. The van der Waals surface area contributed by atoms with E-state index in [1.54, 1.807) is 53.7 Å². The van der Waals surface area contributed by atoms with Crippen molar-refractivity contribution in [1.29, 1.82) is 0 Å². The van der Waals surface area contributed by atoms with Crippen molar-refractivity contribution >= 4 is 35.2 Å². The highest BCUT2D eigenvalue weighted by Crippen LogP contribution is 2.41. The molecule has 1 atom stereocenters. The Labute approximate surface area is 429 Å². The number of ketones is 2. The Morgan fingerprint density at radius 3 is 1.14 bits per heavy atom. The minimum Gasteiger partial charge on any atom is -0.359 e. The first-order valence-electron chi connectivity index (χ1n) is 26.9. The number of hydrogen-bond donors (Lipinski definition) is 1. The Morgan fingerprint density at radius 1 is 0.565 bits per heavy atom. The van der Waals surface area contributed by atoms with Crippen LogP contribution in [0.4, 0.5) is 0 Å². The van der Waals surface area contributed by atoms with Gasteiger partial charge in [-0.2, -0.15) is 0 Å². The highest BCUT2D eigenvalue weighted by atomic mass is 16.2. The van der Waals surface area contributed by atoms with Gasteiger partial charge in [-0.05, 0) is 109 Å². The second-order valence-corrected chi connectivity index (χ2v) is 26.9. The van der Waals surface area contributed by atoms with Crippen molar-refractivity contribution in [3.8, 4) is 0 Å². The van der Waals surface area contributed by atoms with E-state index in [4.69, 9.17) is 0 Å². The Morgan fingerprint density at radius 2 is 0.957 bits per heavy atom. The van der Waals surface area contributed by atoms with E-state index < -0.39 is 0 Å². The number of piperidine rings is 1. The van der Waals surface area contributed by atoms with E-state index in [-0.39, 0.29) is 45.7 Å². The van der Waals surface area contributed by atoms with Crippen LogP contribution in [0.15, 0.2) is 0 Å². The lowest BCUT2D eigenvalue weighted by molar-refractivity contribution is -0.131. The van der Waals surface area contributed by atoms with Gasteiger partial charge in [0.05, 0.1) is 0 Å². The van der Waals surface area contributed by atoms with Crippen LogP contribution in [-0.2, 0) is 28.8 Å². The van der Waals surface area contributed by atoms with Gasteiger partial charge in [0.25, 0.3) is 0 Å². The van der Waals surface area contributed by atoms with Gasteiger partial charge in [-0.15, -0.1) is 0 Å². The van der Waals surface area contributed by atoms with E-state index in [9.17, 15) is 28.8 Å². The molecule has 0 aromatic rings. The van der Waals surface area contributed by atoms with Gasteiger partial charge < -0.3 is 29.6 Å². The Hall–Kier alpha value is -2.78. The maximum absolute atomic E-state index is 11.1. The van der Waals surface area contributed by atoms with E-state index in [2.05, 4.69) is 116 Å². The molecular formula is C59H118N4O6. The maximum Gasteiger partial charge on any atom is 0.222 e. The minimum absolute atomic E-state index is 0.111. The molecular weight excluding hydrogens is 861 g/mol. The first-order valence-corrected chi connectivity index (χ1v) is 26.9. The van der Waals surface area contributed by atoms with Crippen molar-refractivity contribution in [1.82, 2.24) is 20.0 Å². The fourth-order valence-corrected chi connectivity index (χ4v) is 7.92. The monoisotopic (exact) mass is 979 g/mol. The van der Waals surface area contributed by atoms with Gasteiger partial charge in [-0.3, -0.25) is 19.2 Å². The molecule has 3 rings (SSSR count). The topological polar surface area (TPSA) is 124 Å². The maximum atomic E-state index is 11.1. The number of rotatable bonds is 8. The number of Topliss-reactive ketones (excluding diaryl/α,β-unsaturated/α-hetero) is 2. The zero-order valence-electron chi connectivity index (χ0n) is 50.7. The van der Waals surface area contributed by atoms with E-state index in [0.29, 0.717) is 35.9 Å². The Balaban J connectivity index is -0.000000359. The molecule has 2 aliphatic heterocycles. The molecule has 3 aliphatic rings. The van der Waals surface area contributed by atoms with E-state index >= 15 is 0 Å². The number of carbonyl (C=O) groups excluding carboxylic acids is 6. The van der Waals surface area contributed by atoms with Crippen LogP contribution in [0.1, 0.15) is 243 Å². The number of likely N-dealkylation sites (tertiary alicyclic amines) is 2.